The molecular weight excluding hydrogens is 338 g/mol. The van der Waals surface area contributed by atoms with Crippen molar-refractivity contribution in [1.29, 1.82) is 0 Å². The van der Waals surface area contributed by atoms with Crippen LogP contribution in [0.25, 0.3) is 0 Å². The van der Waals surface area contributed by atoms with Crippen molar-refractivity contribution in [2.45, 2.75) is 51.4 Å². The van der Waals surface area contributed by atoms with E-state index in [0.29, 0.717) is 25.0 Å². The van der Waals surface area contributed by atoms with E-state index in [2.05, 4.69) is 6.08 Å². The highest BCUT2D eigenvalue weighted by molar-refractivity contribution is 5.28. The lowest BCUT2D eigenvalue weighted by Crippen LogP contribution is -2.37. The fraction of sp³-hybridized carbons (Fsp3) is 0.619. The molecule has 0 radical (unpaired) electrons. The zero-order chi connectivity index (χ0) is 18.5. The molecule has 0 bridgehead atoms. The highest BCUT2D eigenvalue weighted by atomic mass is 19.1. The second-order valence-corrected chi connectivity index (χ2v) is 7.33. The molecule has 5 heteroatoms. The van der Waals surface area contributed by atoms with Gasteiger partial charge in [0.1, 0.15) is 11.6 Å². The van der Waals surface area contributed by atoms with Gasteiger partial charge in [0.05, 0.1) is 19.8 Å². The third-order valence-electron chi connectivity index (χ3n) is 5.49. The maximum Gasteiger partial charge on any atom is 0.160 e. The maximum atomic E-state index is 14.2. The molecule has 144 valence electrons. The second kappa shape index (κ2) is 9.07. The zero-order valence-electron chi connectivity index (χ0n) is 15.5. The van der Waals surface area contributed by atoms with E-state index in [-0.39, 0.29) is 24.4 Å². The zero-order valence-corrected chi connectivity index (χ0v) is 15.5. The van der Waals surface area contributed by atoms with Gasteiger partial charge in [-0.2, -0.15) is 0 Å². The molecule has 0 aromatic heterocycles. The van der Waals surface area contributed by atoms with E-state index in [1.807, 2.05) is 13.0 Å². The molecule has 1 saturated carbocycles. The number of allylic oxidation sites excluding steroid dienone is 1. The summed E-state index contributed by atoms with van der Waals surface area (Å²) >= 11 is 0. The van der Waals surface area contributed by atoms with Crippen LogP contribution in [0.15, 0.2) is 24.3 Å². The molecule has 2 fully saturated rings. The number of halogens is 2. The van der Waals surface area contributed by atoms with Crippen molar-refractivity contribution < 1.29 is 23.0 Å². The van der Waals surface area contributed by atoms with Gasteiger partial charge in [-0.3, -0.25) is 0 Å². The van der Waals surface area contributed by atoms with Crippen molar-refractivity contribution >= 4 is 0 Å². The molecule has 1 heterocycles. The first-order chi connectivity index (χ1) is 12.6. The summed E-state index contributed by atoms with van der Waals surface area (Å²) in [5.74, 6) is -0.147. The summed E-state index contributed by atoms with van der Waals surface area (Å²) in [7, 11) is 1.43. The van der Waals surface area contributed by atoms with E-state index in [9.17, 15) is 8.78 Å². The lowest BCUT2D eigenvalue weighted by atomic mass is 9.78. The SMILES string of the molecule is C/C=C/[C@H]1CO[C@H](C2CCC(c3cc(F)c(COC)c(F)c3)CC2)OC1. The highest BCUT2D eigenvalue weighted by Gasteiger charge is 2.32. The Bertz CT molecular complexity index is 593. The molecule has 0 amide bonds. The van der Waals surface area contributed by atoms with Crippen LogP contribution < -0.4 is 0 Å². The Morgan fingerprint density at radius 3 is 2.23 bits per heavy atom. The van der Waals surface area contributed by atoms with Gasteiger partial charge in [-0.1, -0.05) is 12.2 Å². The van der Waals surface area contributed by atoms with Gasteiger partial charge < -0.3 is 14.2 Å². The third-order valence-corrected chi connectivity index (χ3v) is 5.49. The lowest BCUT2D eigenvalue weighted by Gasteiger charge is -2.37. The summed E-state index contributed by atoms with van der Waals surface area (Å²) in [6.45, 7) is 3.36. The molecule has 0 atom stereocenters. The minimum absolute atomic E-state index is 0.00428. The Balaban J connectivity index is 1.56. The third kappa shape index (κ3) is 4.51. The Morgan fingerprint density at radius 2 is 1.69 bits per heavy atom. The van der Waals surface area contributed by atoms with Crippen LogP contribution in [0.3, 0.4) is 0 Å². The number of benzene rings is 1. The van der Waals surface area contributed by atoms with Gasteiger partial charge >= 0.3 is 0 Å². The first kappa shape index (κ1) is 19.5. The van der Waals surface area contributed by atoms with Gasteiger partial charge in [0.15, 0.2) is 6.29 Å². The summed E-state index contributed by atoms with van der Waals surface area (Å²) in [5, 5.41) is 0. The molecule has 26 heavy (non-hydrogen) atoms. The highest BCUT2D eigenvalue weighted by Crippen LogP contribution is 2.39. The van der Waals surface area contributed by atoms with E-state index < -0.39 is 11.6 Å². The topological polar surface area (TPSA) is 27.7 Å². The largest absolute Gasteiger partial charge is 0.380 e. The first-order valence-corrected chi connectivity index (χ1v) is 9.45. The summed E-state index contributed by atoms with van der Waals surface area (Å²) in [6.07, 6.45) is 7.70. The number of ether oxygens (including phenoxy) is 3. The van der Waals surface area contributed by atoms with Crippen LogP contribution in [0.2, 0.25) is 0 Å². The van der Waals surface area contributed by atoms with Crippen LogP contribution in [0.5, 0.6) is 0 Å². The van der Waals surface area contributed by atoms with Crippen molar-refractivity contribution in [2.24, 2.45) is 11.8 Å². The second-order valence-electron chi connectivity index (χ2n) is 7.33. The quantitative estimate of drug-likeness (QED) is 0.690. The molecule has 1 aromatic rings. The van der Waals surface area contributed by atoms with Crippen molar-refractivity contribution in [3.63, 3.8) is 0 Å². The summed E-state index contributed by atoms with van der Waals surface area (Å²) in [5.41, 5.74) is 0.751. The average Bonchev–Trinajstić information content (AvgIpc) is 2.66. The van der Waals surface area contributed by atoms with E-state index in [4.69, 9.17) is 14.2 Å². The first-order valence-electron chi connectivity index (χ1n) is 9.45. The molecule has 1 aromatic carbocycles. The Hall–Kier alpha value is -1.30. The molecule has 3 rings (SSSR count). The predicted molar refractivity (Wildman–Crippen MR) is 95.8 cm³/mol. The monoisotopic (exact) mass is 366 g/mol. The van der Waals surface area contributed by atoms with Crippen molar-refractivity contribution in [2.75, 3.05) is 20.3 Å². The van der Waals surface area contributed by atoms with Crippen LogP contribution >= 0.6 is 0 Å². The predicted octanol–water partition coefficient (Wildman–Crippen LogP) is 4.95. The van der Waals surface area contributed by atoms with Crippen molar-refractivity contribution in [3.05, 3.63) is 47.0 Å². The fourth-order valence-corrected chi connectivity index (χ4v) is 4.05. The molecule has 0 N–H and O–H groups in total. The minimum atomic E-state index is -0.516. The fourth-order valence-electron chi connectivity index (χ4n) is 4.05. The number of hydrogen-bond donors (Lipinski definition) is 0. The summed E-state index contributed by atoms with van der Waals surface area (Å²) in [6, 6.07) is 2.94. The van der Waals surface area contributed by atoms with Gasteiger partial charge in [0.2, 0.25) is 0 Å². The van der Waals surface area contributed by atoms with Crippen LogP contribution in [0.4, 0.5) is 8.78 Å². The standard InChI is InChI=1S/C21H28F2O3/c1-3-4-14-11-25-21(26-12-14)16-7-5-15(6-8-16)17-9-19(22)18(13-24-2)20(23)10-17/h3-4,9-10,14-16,21H,5-8,11-13H2,1-2H3/b4-3+/t14-,15?,16?,21-. The van der Waals surface area contributed by atoms with Gasteiger partial charge in [0.25, 0.3) is 0 Å². The van der Waals surface area contributed by atoms with Crippen molar-refractivity contribution in [1.82, 2.24) is 0 Å². The molecule has 1 aliphatic carbocycles. The summed E-state index contributed by atoms with van der Waals surface area (Å²) < 4.78 is 45.0. The number of rotatable bonds is 5. The van der Waals surface area contributed by atoms with Crippen molar-refractivity contribution in [3.8, 4) is 0 Å². The normalized spacial score (nSPS) is 30.0. The van der Waals surface area contributed by atoms with E-state index >= 15 is 0 Å². The average molecular weight is 366 g/mol. The Labute approximate surface area is 154 Å². The molecule has 1 saturated heterocycles. The van der Waals surface area contributed by atoms with E-state index in [0.717, 1.165) is 31.2 Å². The Kier molecular flexibility index (Phi) is 6.79. The van der Waals surface area contributed by atoms with Crippen LogP contribution in [0, 0.1) is 23.5 Å². The van der Waals surface area contributed by atoms with Gasteiger partial charge in [-0.15, -0.1) is 0 Å². The van der Waals surface area contributed by atoms with Gasteiger partial charge in [0, 0.05) is 24.5 Å². The Morgan fingerprint density at radius 1 is 1.08 bits per heavy atom. The molecular formula is C21H28F2O3. The van der Waals surface area contributed by atoms with Crippen LogP contribution in [-0.4, -0.2) is 26.6 Å². The lowest BCUT2D eigenvalue weighted by molar-refractivity contribution is -0.222. The summed E-state index contributed by atoms with van der Waals surface area (Å²) in [4.78, 5) is 0. The molecule has 1 aliphatic heterocycles. The van der Waals surface area contributed by atoms with Crippen LogP contribution in [-0.2, 0) is 20.8 Å². The van der Waals surface area contributed by atoms with E-state index in [1.54, 1.807) is 0 Å². The number of methoxy groups -OCH3 is 1. The smallest absolute Gasteiger partial charge is 0.160 e. The van der Waals surface area contributed by atoms with Gasteiger partial charge in [-0.05, 0) is 56.2 Å². The molecule has 3 nitrogen and oxygen atoms in total. The minimum Gasteiger partial charge on any atom is -0.380 e. The molecule has 0 spiro atoms. The maximum absolute atomic E-state index is 14.2. The van der Waals surface area contributed by atoms with E-state index in [1.165, 1.54) is 19.2 Å². The molecule has 0 unspecified atom stereocenters. The van der Waals surface area contributed by atoms with Crippen LogP contribution in [0.1, 0.15) is 49.7 Å². The number of hydrogen-bond acceptors (Lipinski definition) is 3. The molecule has 2 aliphatic rings. The van der Waals surface area contributed by atoms with Gasteiger partial charge in [-0.25, -0.2) is 8.78 Å².